The lowest BCUT2D eigenvalue weighted by Crippen LogP contribution is -2.32. The van der Waals surface area contributed by atoms with Crippen LogP contribution in [0.3, 0.4) is 0 Å². The second kappa shape index (κ2) is 7.79. The molecule has 3 heterocycles. The summed E-state index contributed by atoms with van der Waals surface area (Å²) in [6, 6.07) is 16.4. The van der Waals surface area contributed by atoms with Gasteiger partial charge < -0.3 is 14.0 Å². The average Bonchev–Trinajstić information content (AvgIpc) is 3.29. The Morgan fingerprint density at radius 3 is 2.31 bits per heavy atom. The third-order valence-corrected chi connectivity index (χ3v) is 5.84. The number of benzene rings is 2. The summed E-state index contributed by atoms with van der Waals surface area (Å²) in [6.07, 6.45) is 5.81. The van der Waals surface area contributed by atoms with E-state index in [1.807, 2.05) is 37.5 Å². The summed E-state index contributed by atoms with van der Waals surface area (Å²) < 4.78 is 4.31. The summed E-state index contributed by atoms with van der Waals surface area (Å²) in [5, 5.41) is 0. The van der Waals surface area contributed by atoms with E-state index in [1.54, 1.807) is 0 Å². The third kappa shape index (κ3) is 3.56. The van der Waals surface area contributed by atoms with Gasteiger partial charge in [0.1, 0.15) is 0 Å². The molecule has 0 atom stereocenters. The maximum atomic E-state index is 4.78. The standard InChI is InChI=1S/C23H26N6/c1-27-20-11-5-3-9-18(20)25-22(27)17-24-23-26-19-10-4-6-12-21(19)29(23)16-15-28-13-7-2-8-14-28/h3-6,9-12,17H,2,7-8,13-16H2,1H3/b24-17+. The molecule has 2 aromatic carbocycles. The number of fused-ring (bicyclic) bond motifs is 2. The van der Waals surface area contributed by atoms with E-state index in [1.165, 1.54) is 32.4 Å². The van der Waals surface area contributed by atoms with Crippen molar-refractivity contribution < 1.29 is 0 Å². The molecule has 0 aliphatic carbocycles. The number of hydrogen-bond acceptors (Lipinski definition) is 4. The third-order valence-electron chi connectivity index (χ3n) is 5.84. The van der Waals surface area contributed by atoms with Crippen LogP contribution < -0.4 is 0 Å². The first-order valence-electron chi connectivity index (χ1n) is 10.4. The topological polar surface area (TPSA) is 51.2 Å². The van der Waals surface area contributed by atoms with Crippen LogP contribution in [0.15, 0.2) is 53.5 Å². The number of rotatable bonds is 5. The van der Waals surface area contributed by atoms with Gasteiger partial charge in [-0.25, -0.2) is 15.0 Å². The predicted molar refractivity (Wildman–Crippen MR) is 118 cm³/mol. The highest BCUT2D eigenvalue weighted by molar-refractivity contribution is 5.86. The van der Waals surface area contributed by atoms with Crippen molar-refractivity contribution in [1.29, 1.82) is 0 Å². The molecule has 148 valence electrons. The van der Waals surface area contributed by atoms with Crippen molar-refractivity contribution in [3.63, 3.8) is 0 Å². The molecule has 29 heavy (non-hydrogen) atoms. The molecule has 1 aliphatic heterocycles. The van der Waals surface area contributed by atoms with E-state index < -0.39 is 0 Å². The maximum Gasteiger partial charge on any atom is 0.230 e. The van der Waals surface area contributed by atoms with Crippen LogP contribution in [0.4, 0.5) is 5.95 Å². The van der Waals surface area contributed by atoms with Gasteiger partial charge in [0.05, 0.1) is 28.3 Å². The molecule has 6 heteroatoms. The Hall–Kier alpha value is -2.99. The lowest BCUT2D eigenvalue weighted by Gasteiger charge is -2.26. The number of nitrogens with zero attached hydrogens (tertiary/aromatic N) is 6. The van der Waals surface area contributed by atoms with E-state index in [0.29, 0.717) is 0 Å². The number of piperidine rings is 1. The van der Waals surface area contributed by atoms with Gasteiger partial charge in [0.25, 0.3) is 0 Å². The molecule has 0 unspecified atom stereocenters. The van der Waals surface area contributed by atoms with E-state index >= 15 is 0 Å². The van der Waals surface area contributed by atoms with E-state index in [0.717, 1.165) is 46.9 Å². The van der Waals surface area contributed by atoms with Crippen LogP contribution in [0.25, 0.3) is 22.1 Å². The minimum Gasteiger partial charge on any atom is -0.326 e. The highest BCUT2D eigenvalue weighted by Crippen LogP contribution is 2.22. The summed E-state index contributed by atoms with van der Waals surface area (Å²) in [7, 11) is 2.02. The number of likely N-dealkylation sites (tertiary alicyclic amines) is 1. The van der Waals surface area contributed by atoms with Gasteiger partial charge in [-0.05, 0) is 50.2 Å². The average molecular weight is 387 g/mol. The number of hydrogen-bond donors (Lipinski definition) is 0. The van der Waals surface area contributed by atoms with E-state index in [4.69, 9.17) is 15.0 Å². The van der Waals surface area contributed by atoms with Gasteiger partial charge in [-0.1, -0.05) is 30.7 Å². The number of aliphatic imine (C=N–C) groups is 1. The monoisotopic (exact) mass is 386 g/mol. The van der Waals surface area contributed by atoms with Crippen LogP contribution in [-0.2, 0) is 13.6 Å². The first-order chi connectivity index (χ1) is 14.3. The van der Waals surface area contributed by atoms with Gasteiger partial charge in [0.15, 0.2) is 5.82 Å². The highest BCUT2D eigenvalue weighted by Gasteiger charge is 2.14. The molecule has 0 radical (unpaired) electrons. The van der Waals surface area contributed by atoms with Crippen LogP contribution >= 0.6 is 0 Å². The lowest BCUT2D eigenvalue weighted by atomic mass is 10.1. The summed E-state index contributed by atoms with van der Waals surface area (Å²) in [4.78, 5) is 16.8. The molecule has 1 fully saturated rings. The molecule has 6 nitrogen and oxygen atoms in total. The predicted octanol–water partition coefficient (Wildman–Crippen LogP) is 4.16. The van der Waals surface area contributed by atoms with Gasteiger partial charge in [-0.3, -0.25) is 0 Å². The Morgan fingerprint density at radius 1 is 0.862 bits per heavy atom. The quantitative estimate of drug-likeness (QED) is 0.484. The molecule has 0 bridgehead atoms. The first-order valence-corrected chi connectivity index (χ1v) is 10.4. The Bertz CT molecular complexity index is 1160. The molecular weight excluding hydrogens is 360 g/mol. The van der Waals surface area contributed by atoms with Gasteiger partial charge >= 0.3 is 0 Å². The van der Waals surface area contributed by atoms with Crippen molar-refractivity contribution in [3.05, 3.63) is 54.4 Å². The minimum absolute atomic E-state index is 0.746. The Balaban J connectivity index is 1.46. The smallest absolute Gasteiger partial charge is 0.230 e. The van der Waals surface area contributed by atoms with Gasteiger partial charge in [-0.2, -0.15) is 0 Å². The molecule has 5 rings (SSSR count). The van der Waals surface area contributed by atoms with E-state index in [9.17, 15) is 0 Å². The number of aryl methyl sites for hydroxylation is 1. The van der Waals surface area contributed by atoms with Crippen LogP contribution in [0.5, 0.6) is 0 Å². The van der Waals surface area contributed by atoms with Crippen molar-refractivity contribution in [3.8, 4) is 0 Å². The Kier molecular flexibility index (Phi) is 4.86. The zero-order chi connectivity index (χ0) is 19.6. The zero-order valence-electron chi connectivity index (χ0n) is 16.8. The minimum atomic E-state index is 0.746. The second-order valence-electron chi connectivity index (χ2n) is 7.73. The van der Waals surface area contributed by atoms with E-state index in [-0.39, 0.29) is 0 Å². The molecule has 0 amide bonds. The SMILES string of the molecule is Cn1c(/C=N/c2nc3ccccc3n2CCN2CCCCC2)nc2ccccc21. The van der Waals surface area contributed by atoms with Gasteiger partial charge in [0, 0.05) is 20.1 Å². The maximum absolute atomic E-state index is 4.78. The fraction of sp³-hybridized carbons (Fsp3) is 0.348. The van der Waals surface area contributed by atoms with Crippen molar-refractivity contribution in [2.45, 2.75) is 25.8 Å². The zero-order valence-corrected chi connectivity index (χ0v) is 16.8. The van der Waals surface area contributed by atoms with Gasteiger partial charge in [-0.15, -0.1) is 0 Å². The summed E-state index contributed by atoms with van der Waals surface area (Å²) >= 11 is 0. The molecular formula is C23H26N6. The Morgan fingerprint density at radius 2 is 1.55 bits per heavy atom. The summed E-state index contributed by atoms with van der Waals surface area (Å²) in [6.45, 7) is 4.33. The number of imidazole rings is 2. The summed E-state index contributed by atoms with van der Waals surface area (Å²) in [5.74, 6) is 1.58. The molecule has 4 aromatic rings. The molecule has 1 saturated heterocycles. The second-order valence-corrected chi connectivity index (χ2v) is 7.73. The number of para-hydroxylation sites is 4. The van der Waals surface area contributed by atoms with Crippen molar-refractivity contribution in [1.82, 2.24) is 24.0 Å². The van der Waals surface area contributed by atoms with E-state index in [2.05, 4.69) is 38.3 Å². The molecule has 0 N–H and O–H groups in total. The fourth-order valence-corrected chi connectivity index (χ4v) is 4.20. The summed E-state index contributed by atoms with van der Waals surface area (Å²) in [5.41, 5.74) is 4.22. The molecule has 0 saturated carbocycles. The molecule has 2 aromatic heterocycles. The highest BCUT2D eigenvalue weighted by atomic mass is 15.2. The van der Waals surface area contributed by atoms with Crippen molar-refractivity contribution in [2.75, 3.05) is 19.6 Å². The van der Waals surface area contributed by atoms with Crippen LogP contribution in [0.1, 0.15) is 25.1 Å². The Labute approximate surface area is 170 Å². The van der Waals surface area contributed by atoms with Crippen molar-refractivity contribution >= 4 is 34.2 Å². The largest absolute Gasteiger partial charge is 0.326 e. The van der Waals surface area contributed by atoms with Crippen LogP contribution in [0.2, 0.25) is 0 Å². The number of aromatic nitrogens is 4. The lowest BCUT2D eigenvalue weighted by molar-refractivity contribution is 0.222. The molecule has 0 spiro atoms. The molecule has 1 aliphatic rings. The first kappa shape index (κ1) is 18.1. The van der Waals surface area contributed by atoms with Crippen LogP contribution in [0, 0.1) is 0 Å². The van der Waals surface area contributed by atoms with Crippen LogP contribution in [-0.4, -0.2) is 49.9 Å². The van der Waals surface area contributed by atoms with Crippen molar-refractivity contribution in [2.24, 2.45) is 12.0 Å². The fourth-order valence-electron chi connectivity index (χ4n) is 4.20. The van der Waals surface area contributed by atoms with Gasteiger partial charge in [0.2, 0.25) is 5.95 Å². The normalized spacial score (nSPS) is 15.8.